The maximum Gasteiger partial charge on any atom is 0.338 e. The van der Waals surface area contributed by atoms with Gasteiger partial charge in [0.1, 0.15) is 0 Å². The number of nitrogens with one attached hydrogen (secondary N) is 1. The van der Waals surface area contributed by atoms with Gasteiger partial charge in [0.2, 0.25) is 0 Å². The molecule has 5 heteroatoms. The molecule has 0 amide bonds. The normalized spacial score (nSPS) is 23.1. The summed E-state index contributed by atoms with van der Waals surface area (Å²) >= 11 is 5.22. The van der Waals surface area contributed by atoms with E-state index in [9.17, 15) is 9.90 Å². The first kappa shape index (κ1) is 14.7. The van der Waals surface area contributed by atoms with E-state index in [1.807, 2.05) is 23.9 Å². The molecule has 0 aromatic heterocycles. The second-order valence-corrected chi connectivity index (χ2v) is 6.83. The average molecular weight is 344 g/mol. The summed E-state index contributed by atoms with van der Waals surface area (Å²) in [7, 11) is 0. The Labute approximate surface area is 126 Å². The summed E-state index contributed by atoms with van der Waals surface area (Å²) < 4.78 is 0.627. The molecule has 1 aliphatic rings. The van der Waals surface area contributed by atoms with E-state index in [4.69, 9.17) is 0 Å². The van der Waals surface area contributed by atoms with Gasteiger partial charge < -0.3 is 10.4 Å². The number of carboxylic acids is 1. The van der Waals surface area contributed by atoms with Crippen molar-refractivity contribution in [1.29, 1.82) is 0 Å². The lowest BCUT2D eigenvalue weighted by Gasteiger charge is -2.30. The standard InChI is InChI=1S/C14H18BrNO2S/c1-19-10-5-2-4-9(8-10)16-12-7-3-6-11(15)13(12)14(17)18/h3,6-7,9-10,16H,2,4-5,8H2,1H3,(H,17,18). The Morgan fingerprint density at radius 1 is 1.47 bits per heavy atom. The molecular weight excluding hydrogens is 326 g/mol. The van der Waals surface area contributed by atoms with E-state index in [0.717, 1.165) is 12.8 Å². The number of hydrogen-bond acceptors (Lipinski definition) is 3. The highest BCUT2D eigenvalue weighted by molar-refractivity contribution is 9.10. The van der Waals surface area contributed by atoms with Gasteiger partial charge in [-0.25, -0.2) is 4.79 Å². The lowest BCUT2D eigenvalue weighted by Crippen LogP contribution is -2.29. The minimum Gasteiger partial charge on any atom is -0.478 e. The molecule has 3 nitrogen and oxygen atoms in total. The highest BCUT2D eigenvalue weighted by Gasteiger charge is 2.23. The van der Waals surface area contributed by atoms with Crippen molar-refractivity contribution in [2.24, 2.45) is 0 Å². The molecule has 1 aromatic rings. The molecule has 1 fully saturated rings. The number of benzene rings is 1. The monoisotopic (exact) mass is 343 g/mol. The highest BCUT2D eigenvalue weighted by Crippen LogP contribution is 2.31. The molecule has 2 rings (SSSR count). The van der Waals surface area contributed by atoms with E-state index in [-0.39, 0.29) is 0 Å². The van der Waals surface area contributed by atoms with Crippen molar-refractivity contribution in [2.75, 3.05) is 11.6 Å². The summed E-state index contributed by atoms with van der Waals surface area (Å²) in [4.78, 5) is 11.3. The first-order valence-electron chi connectivity index (χ1n) is 6.43. The first-order valence-corrected chi connectivity index (χ1v) is 8.51. The van der Waals surface area contributed by atoms with Crippen molar-refractivity contribution in [1.82, 2.24) is 0 Å². The summed E-state index contributed by atoms with van der Waals surface area (Å²) in [6, 6.07) is 5.85. The number of carboxylic acid groups (broad SMARTS) is 1. The summed E-state index contributed by atoms with van der Waals surface area (Å²) in [5, 5.41) is 13.4. The minimum absolute atomic E-state index is 0.328. The molecule has 0 heterocycles. The van der Waals surface area contributed by atoms with Crippen LogP contribution < -0.4 is 5.32 Å². The largest absolute Gasteiger partial charge is 0.478 e. The maximum absolute atomic E-state index is 11.3. The van der Waals surface area contributed by atoms with Crippen molar-refractivity contribution in [3.8, 4) is 0 Å². The van der Waals surface area contributed by atoms with Gasteiger partial charge in [-0.3, -0.25) is 0 Å². The van der Waals surface area contributed by atoms with Gasteiger partial charge in [0.25, 0.3) is 0 Å². The number of anilines is 1. The van der Waals surface area contributed by atoms with E-state index < -0.39 is 5.97 Å². The van der Waals surface area contributed by atoms with Gasteiger partial charge in [-0.2, -0.15) is 11.8 Å². The van der Waals surface area contributed by atoms with Gasteiger partial charge in [-0.05, 0) is 53.6 Å². The molecule has 0 aliphatic heterocycles. The topological polar surface area (TPSA) is 49.3 Å². The molecule has 0 saturated heterocycles. The Morgan fingerprint density at radius 2 is 2.26 bits per heavy atom. The maximum atomic E-state index is 11.3. The van der Waals surface area contributed by atoms with Gasteiger partial charge in [0, 0.05) is 15.8 Å². The van der Waals surface area contributed by atoms with Crippen LogP contribution in [0.25, 0.3) is 0 Å². The number of hydrogen-bond donors (Lipinski definition) is 2. The zero-order valence-corrected chi connectivity index (χ0v) is 13.3. The molecule has 2 N–H and O–H groups in total. The van der Waals surface area contributed by atoms with Gasteiger partial charge in [0.05, 0.1) is 11.3 Å². The second-order valence-electron chi connectivity index (χ2n) is 4.83. The van der Waals surface area contributed by atoms with Crippen molar-refractivity contribution in [2.45, 2.75) is 37.0 Å². The van der Waals surface area contributed by atoms with Crippen LogP contribution in [-0.2, 0) is 0 Å². The first-order chi connectivity index (χ1) is 9.11. The van der Waals surface area contributed by atoms with Crippen LogP contribution in [0.1, 0.15) is 36.0 Å². The molecular formula is C14H18BrNO2S. The van der Waals surface area contributed by atoms with Gasteiger partial charge in [0.15, 0.2) is 0 Å². The number of aromatic carboxylic acids is 1. The zero-order valence-electron chi connectivity index (χ0n) is 10.9. The van der Waals surface area contributed by atoms with Gasteiger partial charge in [-0.15, -0.1) is 0 Å². The number of carbonyl (C=O) groups is 1. The molecule has 0 radical (unpaired) electrons. The molecule has 2 unspecified atom stereocenters. The smallest absolute Gasteiger partial charge is 0.338 e. The molecule has 1 saturated carbocycles. The predicted octanol–water partition coefficient (Wildman–Crippen LogP) is 4.23. The second kappa shape index (κ2) is 6.66. The van der Waals surface area contributed by atoms with Crippen molar-refractivity contribution in [3.63, 3.8) is 0 Å². The number of halogens is 1. The summed E-state index contributed by atoms with van der Waals surface area (Å²) in [6.45, 7) is 0. The highest BCUT2D eigenvalue weighted by atomic mass is 79.9. The van der Waals surface area contributed by atoms with Crippen LogP contribution in [-0.4, -0.2) is 28.6 Å². The third kappa shape index (κ3) is 3.66. The molecule has 2 atom stereocenters. The summed E-state index contributed by atoms with van der Waals surface area (Å²) in [6.07, 6.45) is 6.84. The Hall–Kier alpha value is -0.680. The summed E-state index contributed by atoms with van der Waals surface area (Å²) in [5.41, 5.74) is 1.04. The lowest BCUT2D eigenvalue weighted by molar-refractivity contribution is 0.0697. The Balaban J connectivity index is 2.14. The van der Waals surface area contributed by atoms with E-state index >= 15 is 0 Å². The van der Waals surface area contributed by atoms with E-state index in [1.54, 1.807) is 6.07 Å². The van der Waals surface area contributed by atoms with Crippen LogP contribution >= 0.6 is 27.7 Å². The Morgan fingerprint density at radius 3 is 2.95 bits per heavy atom. The number of rotatable bonds is 4. The molecule has 0 bridgehead atoms. The third-order valence-corrected chi connectivity index (χ3v) is 5.30. The fourth-order valence-corrected chi connectivity index (χ4v) is 3.93. The van der Waals surface area contributed by atoms with Gasteiger partial charge in [-0.1, -0.05) is 12.5 Å². The van der Waals surface area contributed by atoms with Gasteiger partial charge >= 0.3 is 5.97 Å². The van der Waals surface area contributed by atoms with Crippen LogP contribution in [0.2, 0.25) is 0 Å². The molecule has 1 aliphatic carbocycles. The summed E-state index contributed by atoms with van der Waals surface area (Å²) in [5.74, 6) is -0.896. The van der Waals surface area contributed by atoms with Crippen LogP contribution in [0, 0.1) is 0 Å². The molecule has 19 heavy (non-hydrogen) atoms. The quantitative estimate of drug-likeness (QED) is 0.858. The zero-order chi connectivity index (χ0) is 13.8. The van der Waals surface area contributed by atoms with Crippen LogP contribution in [0.3, 0.4) is 0 Å². The van der Waals surface area contributed by atoms with E-state index in [1.165, 1.54) is 12.8 Å². The van der Waals surface area contributed by atoms with Crippen molar-refractivity contribution < 1.29 is 9.90 Å². The number of thioether (sulfide) groups is 1. The average Bonchev–Trinajstić information content (AvgIpc) is 2.38. The fraction of sp³-hybridized carbons (Fsp3) is 0.500. The molecule has 0 spiro atoms. The molecule has 1 aromatic carbocycles. The van der Waals surface area contributed by atoms with E-state index in [0.29, 0.717) is 27.0 Å². The van der Waals surface area contributed by atoms with Crippen LogP contribution in [0.5, 0.6) is 0 Å². The third-order valence-electron chi connectivity index (χ3n) is 3.55. The predicted molar refractivity (Wildman–Crippen MR) is 84.3 cm³/mol. The van der Waals surface area contributed by atoms with Crippen LogP contribution in [0.4, 0.5) is 5.69 Å². The van der Waals surface area contributed by atoms with Crippen molar-refractivity contribution >= 4 is 39.3 Å². The van der Waals surface area contributed by atoms with E-state index in [2.05, 4.69) is 27.5 Å². The fourth-order valence-electron chi connectivity index (χ4n) is 2.57. The van der Waals surface area contributed by atoms with Crippen molar-refractivity contribution in [3.05, 3.63) is 28.2 Å². The minimum atomic E-state index is -0.896. The Bertz CT molecular complexity index is 467. The lowest BCUT2D eigenvalue weighted by atomic mass is 9.94. The molecule has 104 valence electrons. The Kier molecular flexibility index (Phi) is 5.16. The SMILES string of the molecule is CSC1CCCC(Nc2cccc(Br)c2C(=O)O)C1. The van der Waals surface area contributed by atoms with Crippen LogP contribution in [0.15, 0.2) is 22.7 Å².